The number of hydrogen-bond acceptors (Lipinski definition) is 3. The van der Waals surface area contributed by atoms with E-state index in [0.717, 1.165) is 30.6 Å². The van der Waals surface area contributed by atoms with Crippen molar-refractivity contribution in [1.29, 1.82) is 0 Å². The van der Waals surface area contributed by atoms with E-state index in [1.807, 2.05) is 0 Å². The predicted octanol–water partition coefficient (Wildman–Crippen LogP) is 2.07. The molecule has 1 aliphatic heterocycles. The van der Waals surface area contributed by atoms with Gasteiger partial charge in [-0.05, 0) is 18.9 Å². The molecule has 0 aromatic carbocycles. The highest BCUT2D eigenvalue weighted by atomic mass is 32.2. The molecule has 0 bridgehead atoms. The van der Waals surface area contributed by atoms with Crippen LogP contribution in [0.1, 0.15) is 36.2 Å². The quantitative estimate of drug-likeness (QED) is 0.714. The Hall–Kier alpha value is -1.43. The van der Waals surface area contributed by atoms with E-state index in [4.69, 9.17) is 5.11 Å². The molecule has 1 aromatic rings. The van der Waals surface area contributed by atoms with E-state index in [1.54, 1.807) is 6.07 Å². The number of aromatic amines is 1. The topological polar surface area (TPSA) is 82.2 Å². The Kier molecular flexibility index (Phi) is 2.22. The molecule has 17 heavy (non-hydrogen) atoms. The Labute approximate surface area is 102 Å². The van der Waals surface area contributed by atoms with Gasteiger partial charge in [0, 0.05) is 0 Å². The van der Waals surface area contributed by atoms with Crippen LogP contribution in [0.5, 0.6) is 0 Å². The molecule has 1 amide bonds. The zero-order valence-electron chi connectivity index (χ0n) is 9.08. The molecule has 0 atom stereocenters. The molecule has 2 aliphatic rings. The van der Waals surface area contributed by atoms with Crippen LogP contribution in [-0.4, -0.2) is 26.7 Å². The molecule has 5 nitrogen and oxygen atoms in total. The van der Waals surface area contributed by atoms with E-state index in [1.165, 1.54) is 11.8 Å². The van der Waals surface area contributed by atoms with E-state index >= 15 is 0 Å². The number of nitrogens with one attached hydrogen (secondary N) is 2. The molecule has 3 N–H and O–H groups in total. The van der Waals surface area contributed by atoms with E-state index in [9.17, 15) is 9.59 Å². The average Bonchev–Trinajstić information content (AvgIpc) is 2.87. The summed E-state index contributed by atoms with van der Waals surface area (Å²) in [5, 5.41) is 11.7. The second kappa shape index (κ2) is 3.53. The van der Waals surface area contributed by atoms with Gasteiger partial charge in [-0.1, -0.05) is 12.8 Å². The van der Waals surface area contributed by atoms with Crippen molar-refractivity contribution in [2.75, 3.05) is 5.32 Å². The molecule has 1 aromatic heterocycles. The summed E-state index contributed by atoms with van der Waals surface area (Å²) in [4.78, 5) is 26.5. The zero-order valence-corrected chi connectivity index (χ0v) is 9.89. The van der Waals surface area contributed by atoms with Crippen molar-refractivity contribution < 1.29 is 14.7 Å². The molecule has 1 fully saturated rings. The lowest BCUT2D eigenvalue weighted by atomic mass is 10.1. The van der Waals surface area contributed by atoms with Gasteiger partial charge in [-0.2, -0.15) is 0 Å². The van der Waals surface area contributed by atoms with Crippen LogP contribution >= 0.6 is 11.8 Å². The van der Waals surface area contributed by atoms with Crippen LogP contribution in [0.25, 0.3) is 0 Å². The van der Waals surface area contributed by atoms with Gasteiger partial charge < -0.3 is 15.4 Å². The number of carboxylic acids is 1. The second-order valence-corrected chi connectivity index (χ2v) is 5.91. The molecule has 1 spiro atoms. The number of thioether (sulfide) groups is 1. The first-order valence-electron chi connectivity index (χ1n) is 5.57. The smallest absolute Gasteiger partial charge is 0.352 e. The molecule has 1 aliphatic carbocycles. The first-order chi connectivity index (χ1) is 8.11. The predicted molar refractivity (Wildman–Crippen MR) is 63.4 cm³/mol. The number of aromatic carboxylic acids is 1. The van der Waals surface area contributed by atoms with Crippen LogP contribution in [0.2, 0.25) is 0 Å². The highest BCUT2D eigenvalue weighted by Gasteiger charge is 2.46. The minimum atomic E-state index is -1.00. The van der Waals surface area contributed by atoms with Crippen molar-refractivity contribution in [2.45, 2.75) is 35.3 Å². The van der Waals surface area contributed by atoms with Gasteiger partial charge in [0.15, 0.2) is 0 Å². The highest BCUT2D eigenvalue weighted by Crippen LogP contribution is 2.50. The van der Waals surface area contributed by atoms with Crippen LogP contribution in [0.4, 0.5) is 5.82 Å². The number of H-pyrrole nitrogens is 1. The van der Waals surface area contributed by atoms with Crippen molar-refractivity contribution in [3.8, 4) is 0 Å². The third-order valence-corrected chi connectivity index (χ3v) is 4.91. The maximum atomic E-state index is 12.1. The molecule has 0 radical (unpaired) electrons. The largest absolute Gasteiger partial charge is 0.477 e. The van der Waals surface area contributed by atoms with Gasteiger partial charge in [-0.25, -0.2) is 4.79 Å². The molecule has 90 valence electrons. The van der Waals surface area contributed by atoms with Crippen LogP contribution in [0.15, 0.2) is 11.0 Å². The summed E-state index contributed by atoms with van der Waals surface area (Å²) in [5.41, 5.74) is 0.123. The zero-order chi connectivity index (χ0) is 12.0. The Morgan fingerprint density at radius 2 is 2.12 bits per heavy atom. The van der Waals surface area contributed by atoms with Crippen molar-refractivity contribution in [3.63, 3.8) is 0 Å². The van der Waals surface area contributed by atoms with Gasteiger partial charge in [0.1, 0.15) is 11.5 Å². The summed E-state index contributed by atoms with van der Waals surface area (Å²) in [5.74, 6) is -0.476. The first-order valence-corrected chi connectivity index (χ1v) is 6.39. The summed E-state index contributed by atoms with van der Waals surface area (Å²) < 4.78 is -0.370. The molecule has 6 heteroatoms. The molecule has 0 unspecified atom stereocenters. The number of hydrogen-bond donors (Lipinski definition) is 3. The number of amides is 1. The fraction of sp³-hybridized carbons (Fsp3) is 0.455. The summed E-state index contributed by atoms with van der Waals surface area (Å²) in [7, 11) is 0. The van der Waals surface area contributed by atoms with Gasteiger partial charge in [0.2, 0.25) is 5.91 Å². The maximum absolute atomic E-state index is 12.1. The van der Waals surface area contributed by atoms with Crippen molar-refractivity contribution in [2.24, 2.45) is 0 Å². The summed E-state index contributed by atoms with van der Waals surface area (Å²) >= 11 is 1.51. The number of carbonyl (C=O) groups is 2. The molecule has 3 rings (SSSR count). The Balaban J connectivity index is 1.99. The third-order valence-electron chi connectivity index (χ3n) is 3.38. The standard InChI is InChI=1S/C11H12N2O3S/c14-9(15)6-5-7-8(12-6)13-10(16)11(17-7)3-1-2-4-11/h5,12H,1-4H2,(H,13,16)(H,14,15). The maximum Gasteiger partial charge on any atom is 0.352 e. The number of fused-ring (bicyclic) bond motifs is 1. The Bertz CT molecular complexity index is 503. The average molecular weight is 252 g/mol. The first kappa shape index (κ1) is 10.7. The normalized spacial score (nSPS) is 21.3. The van der Waals surface area contributed by atoms with Crippen molar-refractivity contribution >= 4 is 29.5 Å². The number of carboxylic acid groups (broad SMARTS) is 1. The number of carbonyl (C=O) groups excluding carboxylic acids is 1. The highest BCUT2D eigenvalue weighted by molar-refractivity contribution is 8.01. The van der Waals surface area contributed by atoms with Crippen LogP contribution in [-0.2, 0) is 4.79 Å². The van der Waals surface area contributed by atoms with Crippen molar-refractivity contribution in [1.82, 2.24) is 4.98 Å². The lowest BCUT2D eigenvalue weighted by molar-refractivity contribution is -0.118. The van der Waals surface area contributed by atoms with Crippen LogP contribution < -0.4 is 5.32 Å². The van der Waals surface area contributed by atoms with E-state index in [2.05, 4.69) is 10.3 Å². The van der Waals surface area contributed by atoms with E-state index < -0.39 is 5.97 Å². The van der Waals surface area contributed by atoms with Gasteiger partial charge >= 0.3 is 5.97 Å². The van der Waals surface area contributed by atoms with E-state index in [-0.39, 0.29) is 16.3 Å². The number of anilines is 1. The Morgan fingerprint density at radius 3 is 2.76 bits per heavy atom. The molecular weight excluding hydrogens is 240 g/mol. The van der Waals surface area contributed by atoms with E-state index in [0.29, 0.717) is 5.82 Å². The summed E-state index contributed by atoms with van der Waals surface area (Å²) in [6.45, 7) is 0. The molecule has 1 saturated carbocycles. The molecular formula is C11H12N2O3S. The lowest BCUT2D eigenvalue weighted by Crippen LogP contribution is -2.40. The fourth-order valence-corrected chi connectivity index (χ4v) is 3.92. The van der Waals surface area contributed by atoms with Gasteiger partial charge in [0.05, 0.1) is 9.64 Å². The molecule has 0 saturated heterocycles. The minimum Gasteiger partial charge on any atom is -0.477 e. The minimum absolute atomic E-state index is 0.00582. The van der Waals surface area contributed by atoms with Crippen molar-refractivity contribution in [3.05, 3.63) is 11.8 Å². The van der Waals surface area contributed by atoms with Crippen LogP contribution in [0, 0.1) is 0 Å². The monoisotopic (exact) mass is 252 g/mol. The lowest BCUT2D eigenvalue weighted by Gasteiger charge is -2.30. The number of aromatic nitrogens is 1. The van der Waals surface area contributed by atoms with Crippen LogP contribution in [0.3, 0.4) is 0 Å². The second-order valence-electron chi connectivity index (χ2n) is 4.48. The summed E-state index contributed by atoms with van der Waals surface area (Å²) in [6, 6.07) is 1.60. The van der Waals surface area contributed by atoms with Gasteiger partial charge in [-0.15, -0.1) is 11.8 Å². The third kappa shape index (κ3) is 1.55. The SMILES string of the molecule is O=C(O)c1cc2c([nH]1)NC(=O)C1(CCCC1)S2. The molecule has 2 heterocycles. The summed E-state index contributed by atoms with van der Waals surface area (Å²) in [6.07, 6.45) is 3.87. The Morgan fingerprint density at radius 1 is 1.41 bits per heavy atom. The van der Waals surface area contributed by atoms with Gasteiger partial charge in [-0.3, -0.25) is 4.79 Å². The fourth-order valence-electron chi connectivity index (χ4n) is 2.48. The number of rotatable bonds is 1. The van der Waals surface area contributed by atoms with Gasteiger partial charge in [0.25, 0.3) is 0 Å².